The van der Waals surface area contributed by atoms with Gasteiger partial charge >= 0.3 is 5.69 Å². The maximum absolute atomic E-state index is 13.2. The minimum Gasteiger partial charge on any atom is -0.277 e. The number of pyridine rings is 1. The average Bonchev–Trinajstić information content (AvgIpc) is 3.57. The number of amides is 2. The van der Waals surface area contributed by atoms with Crippen molar-refractivity contribution < 1.29 is 9.59 Å². The van der Waals surface area contributed by atoms with Crippen molar-refractivity contribution in [2.24, 2.45) is 5.92 Å². The topological polar surface area (TPSA) is 170 Å². The molecular formula is C23H23N9O4. The number of benzene rings is 1. The third-order valence-corrected chi connectivity index (χ3v) is 5.79. The number of fused-ring (bicyclic) bond motifs is 1. The molecule has 0 unspecified atom stereocenters. The third-order valence-electron chi connectivity index (χ3n) is 5.79. The largest absolute Gasteiger partial charge is 0.330 e. The second-order valence-corrected chi connectivity index (χ2v) is 9.04. The predicted octanol–water partition coefficient (Wildman–Crippen LogP) is 0.669. The van der Waals surface area contributed by atoms with Gasteiger partial charge in [0.05, 0.1) is 16.6 Å². The summed E-state index contributed by atoms with van der Waals surface area (Å²) in [6.45, 7) is 4.20. The Morgan fingerprint density at radius 3 is 2.47 bits per heavy atom. The Labute approximate surface area is 203 Å². The number of hydrogen-bond donors (Lipinski definition) is 3. The molecule has 0 spiro atoms. The molecule has 4 aromatic rings. The molecule has 1 fully saturated rings. The third kappa shape index (κ3) is 4.50. The van der Waals surface area contributed by atoms with E-state index in [1.807, 2.05) is 13.8 Å². The van der Waals surface area contributed by atoms with Crippen LogP contribution < -0.4 is 22.1 Å². The highest BCUT2D eigenvalue weighted by Crippen LogP contribution is 2.39. The van der Waals surface area contributed by atoms with Crippen molar-refractivity contribution in [1.29, 1.82) is 0 Å². The van der Waals surface area contributed by atoms with Crippen LogP contribution >= 0.6 is 0 Å². The lowest BCUT2D eigenvalue weighted by molar-refractivity contribution is 0.0847. The van der Waals surface area contributed by atoms with E-state index in [1.54, 1.807) is 30.3 Å². The molecule has 0 radical (unpaired) electrons. The van der Waals surface area contributed by atoms with Crippen LogP contribution in [0.5, 0.6) is 0 Å². The van der Waals surface area contributed by atoms with Gasteiger partial charge in [0.15, 0.2) is 5.65 Å². The van der Waals surface area contributed by atoms with Crippen LogP contribution in [0.3, 0.4) is 0 Å². The molecule has 184 valence electrons. The first kappa shape index (κ1) is 23.1. The minimum atomic E-state index is -0.709. The summed E-state index contributed by atoms with van der Waals surface area (Å²) in [6.07, 6.45) is 3.25. The molecule has 1 aliphatic carbocycles. The van der Waals surface area contributed by atoms with Gasteiger partial charge < -0.3 is 0 Å². The van der Waals surface area contributed by atoms with E-state index >= 15 is 0 Å². The number of carbonyl (C=O) groups excluding carboxylic acids is 2. The van der Waals surface area contributed by atoms with Gasteiger partial charge in [-0.05, 0) is 59.5 Å². The maximum Gasteiger partial charge on any atom is 0.330 e. The van der Waals surface area contributed by atoms with E-state index in [0.717, 1.165) is 12.8 Å². The summed E-state index contributed by atoms with van der Waals surface area (Å²) in [6, 6.07) is 7.97. The van der Waals surface area contributed by atoms with Crippen LogP contribution in [0.2, 0.25) is 0 Å². The van der Waals surface area contributed by atoms with Crippen molar-refractivity contribution in [3.8, 4) is 5.69 Å². The second kappa shape index (κ2) is 9.17. The summed E-state index contributed by atoms with van der Waals surface area (Å²) in [5.74, 6) is -0.982. The van der Waals surface area contributed by atoms with Crippen LogP contribution in [-0.2, 0) is 6.54 Å². The first-order valence-corrected chi connectivity index (χ1v) is 11.4. The molecule has 2 amide bonds. The van der Waals surface area contributed by atoms with E-state index in [4.69, 9.17) is 0 Å². The second-order valence-electron chi connectivity index (χ2n) is 9.04. The number of aromatic nitrogens is 7. The van der Waals surface area contributed by atoms with Crippen molar-refractivity contribution in [3.63, 3.8) is 0 Å². The first-order valence-electron chi connectivity index (χ1n) is 11.4. The van der Waals surface area contributed by atoms with E-state index in [0.29, 0.717) is 17.9 Å². The standard InChI is InChI=1S/C23H23N9O4/c1-12(2)10-31-19-18(22(35)26-23(31)36)16(9-17(25-19)13-3-4-13)21(34)28-27-20(33)14-5-7-15(8-6-14)32-11-24-29-30-32/h5-9,11-13H,3-4,10H2,1-2H3,(H,27,33)(H,28,34)(H,26,35,36). The van der Waals surface area contributed by atoms with Crippen molar-refractivity contribution >= 4 is 22.8 Å². The number of nitrogens with one attached hydrogen (secondary N) is 3. The summed E-state index contributed by atoms with van der Waals surface area (Å²) >= 11 is 0. The van der Waals surface area contributed by atoms with Gasteiger partial charge in [-0.3, -0.25) is 34.8 Å². The number of hydrazine groups is 1. The SMILES string of the molecule is CC(C)Cn1c(=O)[nH]c(=O)c2c(C(=O)NNC(=O)c3ccc(-n4cnnn4)cc3)cc(C3CC3)nc21. The first-order chi connectivity index (χ1) is 17.3. The Kier molecular flexibility index (Phi) is 5.88. The van der Waals surface area contributed by atoms with E-state index in [1.165, 1.54) is 15.6 Å². The summed E-state index contributed by atoms with van der Waals surface area (Å²) in [4.78, 5) is 57.9. The van der Waals surface area contributed by atoms with Gasteiger partial charge in [0.1, 0.15) is 6.33 Å². The molecule has 5 rings (SSSR count). The number of aromatic amines is 1. The zero-order valence-electron chi connectivity index (χ0n) is 19.6. The Morgan fingerprint density at radius 1 is 1.11 bits per heavy atom. The Hall–Kier alpha value is -4.68. The molecule has 3 heterocycles. The smallest absolute Gasteiger partial charge is 0.277 e. The summed E-state index contributed by atoms with van der Waals surface area (Å²) in [5, 5.41) is 10.9. The highest BCUT2D eigenvalue weighted by molar-refractivity contribution is 6.06. The quantitative estimate of drug-likeness (QED) is 0.332. The van der Waals surface area contributed by atoms with Crippen LogP contribution in [-0.4, -0.2) is 46.6 Å². The van der Waals surface area contributed by atoms with Crippen molar-refractivity contribution in [2.75, 3.05) is 0 Å². The molecule has 3 aromatic heterocycles. The number of H-pyrrole nitrogens is 1. The molecular weight excluding hydrogens is 466 g/mol. The predicted molar refractivity (Wildman–Crippen MR) is 128 cm³/mol. The highest BCUT2D eigenvalue weighted by atomic mass is 16.2. The fourth-order valence-corrected chi connectivity index (χ4v) is 3.89. The van der Waals surface area contributed by atoms with E-state index in [2.05, 4.69) is 36.3 Å². The fraction of sp³-hybridized carbons (Fsp3) is 0.304. The van der Waals surface area contributed by atoms with E-state index in [-0.39, 0.29) is 34.0 Å². The lowest BCUT2D eigenvalue weighted by Gasteiger charge is -2.15. The van der Waals surface area contributed by atoms with Crippen LogP contribution in [0.4, 0.5) is 0 Å². The maximum atomic E-state index is 13.2. The van der Waals surface area contributed by atoms with Gasteiger partial charge in [0, 0.05) is 23.7 Å². The minimum absolute atomic E-state index is 0.00260. The normalized spacial score (nSPS) is 13.2. The molecule has 3 N–H and O–H groups in total. The molecule has 1 saturated carbocycles. The van der Waals surface area contributed by atoms with Gasteiger partial charge in [-0.25, -0.2) is 14.5 Å². The van der Waals surface area contributed by atoms with Crippen LogP contribution in [0.25, 0.3) is 16.7 Å². The van der Waals surface area contributed by atoms with Crippen LogP contribution in [0, 0.1) is 5.92 Å². The molecule has 0 bridgehead atoms. The zero-order chi connectivity index (χ0) is 25.4. The molecule has 36 heavy (non-hydrogen) atoms. The fourth-order valence-electron chi connectivity index (χ4n) is 3.89. The molecule has 13 nitrogen and oxygen atoms in total. The Bertz CT molecular complexity index is 1570. The van der Waals surface area contributed by atoms with Gasteiger partial charge in [0.2, 0.25) is 0 Å². The van der Waals surface area contributed by atoms with Crippen LogP contribution in [0.15, 0.2) is 46.2 Å². The number of nitrogens with zero attached hydrogens (tertiary/aromatic N) is 6. The molecule has 0 atom stereocenters. The number of carbonyl (C=O) groups is 2. The molecule has 0 aliphatic heterocycles. The van der Waals surface area contributed by atoms with Gasteiger partial charge in [-0.15, -0.1) is 5.10 Å². The summed E-state index contributed by atoms with van der Waals surface area (Å²) in [7, 11) is 0. The van der Waals surface area contributed by atoms with E-state index in [9.17, 15) is 19.2 Å². The number of rotatable bonds is 6. The van der Waals surface area contributed by atoms with Gasteiger partial charge in [-0.1, -0.05) is 13.8 Å². The average molecular weight is 489 g/mol. The lowest BCUT2D eigenvalue weighted by Crippen LogP contribution is -2.42. The van der Waals surface area contributed by atoms with Crippen molar-refractivity contribution in [1.82, 2.24) is 45.6 Å². The summed E-state index contributed by atoms with van der Waals surface area (Å²) in [5.41, 5.74) is 5.24. The highest BCUT2D eigenvalue weighted by Gasteiger charge is 2.29. The van der Waals surface area contributed by atoms with Gasteiger partial charge in [-0.2, -0.15) is 0 Å². The van der Waals surface area contributed by atoms with Gasteiger partial charge in [0.25, 0.3) is 17.4 Å². The van der Waals surface area contributed by atoms with Crippen LogP contribution in [0.1, 0.15) is 59.0 Å². The number of tetrazole rings is 1. The molecule has 0 saturated heterocycles. The zero-order valence-corrected chi connectivity index (χ0v) is 19.6. The molecule has 1 aromatic carbocycles. The lowest BCUT2D eigenvalue weighted by atomic mass is 10.1. The molecule has 1 aliphatic rings. The Balaban J connectivity index is 1.43. The summed E-state index contributed by atoms with van der Waals surface area (Å²) < 4.78 is 2.82. The number of hydrogen-bond acceptors (Lipinski definition) is 8. The van der Waals surface area contributed by atoms with Crippen molar-refractivity contribution in [3.05, 3.63) is 74.3 Å². The van der Waals surface area contributed by atoms with E-state index < -0.39 is 23.1 Å². The Morgan fingerprint density at radius 2 is 1.83 bits per heavy atom. The molecule has 13 heteroatoms. The monoisotopic (exact) mass is 489 g/mol. The van der Waals surface area contributed by atoms with Crippen molar-refractivity contribution in [2.45, 2.75) is 39.2 Å².